The molecule has 0 aliphatic rings. The molecule has 90 valence electrons. The summed E-state index contributed by atoms with van der Waals surface area (Å²) in [5.41, 5.74) is 4.35. The molecule has 0 saturated carbocycles. The van der Waals surface area contributed by atoms with E-state index < -0.39 is 6.10 Å². The molecule has 0 amide bonds. The molecule has 3 nitrogen and oxygen atoms in total. The zero-order valence-corrected chi connectivity index (χ0v) is 10.5. The number of rotatable bonds is 3. The maximum atomic E-state index is 10.1. The molecule has 1 aromatic carbocycles. The third-order valence-electron chi connectivity index (χ3n) is 2.98. The Morgan fingerprint density at radius 1 is 1.35 bits per heavy atom. The molecule has 0 aliphatic heterocycles. The Bertz CT molecular complexity index is 517. The van der Waals surface area contributed by atoms with Crippen LogP contribution in [0.25, 0.3) is 0 Å². The minimum atomic E-state index is -0.531. The van der Waals surface area contributed by atoms with Crippen LogP contribution in [0.1, 0.15) is 28.5 Å². The van der Waals surface area contributed by atoms with E-state index in [9.17, 15) is 5.11 Å². The van der Waals surface area contributed by atoms with Crippen LogP contribution < -0.4 is 0 Å². The van der Waals surface area contributed by atoms with Gasteiger partial charge in [0.2, 0.25) is 0 Å². The average Bonchev–Trinajstić information content (AvgIpc) is 2.70. The highest BCUT2D eigenvalue weighted by Gasteiger charge is 2.12. The van der Waals surface area contributed by atoms with Gasteiger partial charge in [-0.05, 0) is 25.0 Å². The Hall–Kier alpha value is -1.61. The second-order valence-electron chi connectivity index (χ2n) is 4.61. The highest BCUT2D eigenvalue weighted by molar-refractivity contribution is 5.31. The highest BCUT2D eigenvalue weighted by Crippen LogP contribution is 2.19. The molecule has 2 rings (SSSR count). The topological polar surface area (TPSA) is 38.0 Å². The SMILES string of the molecule is Cc1ccc(C)c(CC(O)c2cn(C)cn2)c1. The first-order chi connectivity index (χ1) is 8.06. The third-order valence-corrected chi connectivity index (χ3v) is 2.98. The molecule has 1 aromatic heterocycles. The molecule has 0 fully saturated rings. The highest BCUT2D eigenvalue weighted by atomic mass is 16.3. The van der Waals surface area contributed by atoms with Crippen molar-refractivity contribution < 1.29 is 5.11 Å². The van der Waals surface area contributed by atoms with E-state index in [1.54, 1.807) is 6.33 Å². The number of aliphatic hydroxyl groups is 1. The number of benzene rings is 1. The lowest BCUT2D eigenvalue weighted by molar-refractivity contribution is 0.174. The summed E-state index contributed by atoms with van der Waals surface area (Å²) in [7, 11) is 1.90. The van der Waals surface area contributed by atoms with Gasteiger partial charge in [-0.25, -0.2) is 4.98 Å². The van der Waals surface area contributed by atoms with E-state index in [2.05, 4.69) is 37.0 Å². The standard InChI is InChI=1S/C14H18N2O/c1-10-4-5-11(2)12(6-10)7-14(17)13-8-16(3)9-15-13/h4-6,8-9,14,17H,7H2,1-3H3. The number of aryl methyl sites for hydroxylation is 3. The van der Waals surface area contributed by atoms with Crippen molar-refractivity contribution in [2.75, 3.05) is 0 Å². The minimum Gasteiger partial charge on any atom is -0.386 e. The summed E-state index contributed by atoms with van der Waals surface area (Å²) in [6.45, 7) is 4.13. The normalized spacial score (nSPS) is 12.7. The van der Waals surface area contributed by atoms with Gasteiger partial charge in [0, 0.05) is 19.7 Å². The smallest absolute Gasteiger partial charge is 0.102 e. The lowest BCUT2D eigenvalue weighted by Crippen LogP contribution is -2.04. The molecule has 3 heteroatoms. The molecule has 1 unspecified atom stereocenters. The van der Waals surface area contributed by atoms with Crippen molar-refractivity contribution in [3.8, 4) is 0 Å². The monoisotopic (exact) mass is 230 g/mol. The Balaban J connectivity index is 2.18. The fourth-order valence-corrected chi connectivity index (χ4v) is 1.94. The van der Waals surface area contributed by atoms with Gasteiger partial charge in [0.1, 0.15) is 6.10 Å². The van der Waals surface area contributed by atoms with Gasteiger partial charge in [-0.15, -0.1) is 0 Å². The fourth-order valence-electron chi connectivity index (χ4n) is 1.94. The van der Waals surface area contributed by atoms with Crippen molar-refractivity contribution in [3.63, 3.8) is 0 Å². The van der Waals surface area contributed by atoms with Crippen LogP contribution in [0.5, 0.6) is 0 Å². The first kappa shape index (κ1) is 11.9. The average molecular weight is 230 g/mol. The fraction of sp³-hybridized carbons (Fsp3) is 0.357. The maximum absolute atomic E-state index is 10.1. The van der Waals surface area contributed by atoms with E-state index >= 15 is 0 Å². The van der Waals surface area contributed by atoms with E-state index in [1.807, 2.05) is 17.8 Å². The van der Waals surface area contributed by atoms with Gasteiger partial charge in [0.15, 0.2) is 0 Å². The zero-order valence-electron chi connectivity index (χ0n) is 10.5. The summed E-state index contributed by atoms with van der Waals surface area (Å²) < 4.78 is 1.85. The Labute approximate surface area is 102 Å². The molecule has 0 spiro atoms. The van der Waals surface area contributed by atoms with Gasteiger partial charge >= 0.3 is 0 Å². The molecular formula is C14H18N2O. The van der Waals surface area contributed by atoms with E-state index in [0.29, 0.717) is 6.42 Å². The first-order valence-electron chi connectivity index (χ1n) is 5.78. The first-order valence-corrected chi connectivity index (χ1v) is 5.78. The van der Waals surface area contributed by atoms with Gasteiger partial charge in [-0.3, -0.25) is 0 Å². The van der Waals surface area contributed by atoms with E-state index in [0.717, 1.165) is 5.69 Å². The predicted molar refractivity (Wildman–Crippen MR) is 67.8 cm³/mol. The molecule has 0 aliphatic carbocycles. The maximum Gasteiger partial charge on any atom is 0.102 e. The van der Waals surface area contributed by atoms with Gasteiger partial charge in [-0.1, -0.05) is 23.8 Å². The third kappa shape index (κ3) is 2.74. The van der Waals surface area contributed by atoms with Gasteiger partial charge < -0.3 is 9.67 Å². The van der Waals surface area contributed by atoms with E-state index in [4.69, 9.17) is 0 Å². The molecule has 1 atom stereocenters. The van der Waals surface area contributed by atoms with Gasteiger partial charge in [0.05, 0.1) is 12.0 Å². The zero-order chi connectivity index (χ0) is 12.4. The van der Waals surface area contributed by atoms with Crippen molar-refractivity contribution in [1.29, 1.82) is 0 Å². The van der Waals surface area contributed by atoms with Crippen LogP contribution in [0.3, 0.4) is 0 Å². The molecule has 2 aromatic rings. The van der Waals surface area contributed by atoms with Crippen LogP contribution >= 0.6 is 0 Å². The van der Waals surface area contributed by atoms with E-state index in [1.165, 1.54) is 16.7 Å². The van der Waals surface area contributed by atoms with Crippen molar-refractivity contribution >= 4 is 0 Å². The Morgan fingerprint density at radius 3 is 2.76 bits per heavy atom. The van der Waals surface area contributed by atoms with Gasteiger partial charge in [0.25, 0.3) is 0 Å². The molecule has 0 radical (unpaired) electrons. The molecule has 1 heterocycles. The second kappa shape index (κ2) is 4.72. The summed E-state index contributed by atoms with van der Waals surface area (Å²) in [5, 5.41) is 10.1. The Morgan fingerprint density at radius 2 is 2.12 bits per heavy atom. The molecule has 17 heavy (non-hydrogen) atoms. The van der Waals surface area contributed by atoms with Crippen LogP contribution in [0.2, 0.25) is 0 Å². The summed E-state index contributed by atoms with van der Waals surface area (Å²) in [4.78, 5) is 4.18. The van der Waals surface area contributed by atoms with Crippen LogP contribution in [-0.4, -0.2) is 14.7 Å². The Kier molecular flexibility index (Phi) is 3.29. The lowest BCUT2D eigenvalue weighted by atomic mass is 9.99. The van der Waals surface area contributed by atoms with Crippen LogP contribution in [0, 0.1) is 13.8 Å². The molecular weight excluding hydrogens is 212 g/mol. The number of nitrogens with zero attached hydrogens (tertiary/aromatic N) is 2. The number of aliphatic hydroxyl groups excluding tert-OH is 1. The van der Waals surface area contributed by atoms with Crippen LogP contribution in [-0.2, 0) is 13.5 Å². The van der Waals surface area contributed by atoms with Crippen LogP contribution in [0.4, 0.5) is 0 Å². The van der Waals surface area contributed by atoms with Crippen molar-refractivity contribution in [2.45, 2.75) is 26.4 Å². The van der Waals surface area contributed by atoms with Crippen molar-refractivity contribution in [2.24, 2.45) is 7.05 Å². The summed E-state index contributed by atoms with van der Waals surface area (Å²) in [6, 6.07) is 6.31. The number of aromatic nitrogens is 2. The predicted octanol–water partition coefficient (Wildman–Crippen LogP) is 2.31. The summed E-state index contributed by atoms with van der Waals surface area (Å²) in [6.07, 6.45) is 3.65. The number of imidazole rings is 1. The van der Waals surface area contributed by atoms with Crippen molar-refractivity contribution in [3.05, 3.63) is 53.1 Å². The summed E-state index contributed by atoms with van der Waals surface area (Å²) >= 11 is 0. The lowest BCUT2D eigenvalue weighted by Gasteiger charge is -2.11. The molecule has 0 bridgehead atoms. The summed E-state index contributed by atoms with van der Waals surface area (Å²) in [5.74, 6) is 0. The number of hydrogen-bond donors (Lipinski definition) is 1. The van der Waals surface area contributed by atoms with Crippen molar-refractivity contribution in [1.82, 2.24) is 9.55 Å². The molecule has 0 saturated heterocycles. The van der Waals surface area contributed by atoms with Crippen LogP contribution in [0.15, 0.2) is 30.7 Å². The minimum absolute atomic E-state index is 0.531. The quantitative estimate of drug-likeness (QED) is 0.878. The van der Waals surface area contributed by atoms with E-state index in [-0.39, 0.29) is 0 Å². The second-order valence-corrected chi connectivity index (χ2v) is 4.61. The largest absolute Gasteiger partial charge is 0.386 e. The molecule has 1 N–H and O–H groups in total. The van der Waals surface area contributed by atoms with Gasteiger partial charge in [-0.2, -0.15) is 0 Å². The number of hydrogen-bond acceptors (Lipinski definition) is 2.